The monoisotopic (exact) mass is 270 g/mol. The highest BCUT2D eigenvalue weighted by molar-refractivity contribution is 7.99. The number of carbonyl (C=O) groups excluding carboxylic acids is 1. The third kappa shape index (κ3) is 2.55. The van der Waals surface area contributed by atoms with Crippen LogP contribution in [0.25, 0.3) is 0 Å². The van der Waals surface area contributed by atoms with Crippen molar-refractivity contribution in [1.29, 1.82) is 0 Å². The third-order valence-electron chi connectivity index (χ3n) is 4.36. The van der Waals surface area contributed by atoms with Gasteiger partial charge < -0.3 is 4.90 Å². The van der Waals surface area contributed by atoms with E-state index in [1.54, 1.807) is 0 Å². The average Bonchev–Trinajstić information content (AvgIpc) is 2.87. The molecule has 1 saturated carbocycles. The summed E-state index contributed by atoms with van der Waals surface area (Å²) in [7, 11) is 0. The molecule has 3 nitrogen and oxygen atoms in total. The van der Waals surface area contributed by atoms with Crippen LogP contribution in [0.3, 0.4) is 0 Å². The molecule has 0 aromatic heterocycles. The number of hydrogen-bond acceptors (Lipinski definition) is 3. The van der Waals surface area contributed by atoms with Gasteiger partial charge in [0.2, 0.25) is 5.91 Å². The van der Waals surface area contributed by atoms with Crippen molar-refractivity contribution >= 4 is 17.7 Å². The molecule has 1 N–H and O–H groups in total. The van der Waals surface area contributed by atoms with Gasteiger partial charge in [-0.3, -0.25) is 10.1 Å². The van der Waals surface area contributed by atoms with Crippen molar-refractivity contribution in [2.75, 3.05) is 11.5 Å². The van der Waals surface area contributed by atoms with E-state index in [0.29, 0.717) is 11.9 Å². The van der Waals surface area contributed by atoms with Gasteiger partial charge in [0, 0.05) is 6.04 Å². The molecule has 2 unspecified atom stereocenters. The number of carbonyl (C=O) groups is 1. The lowest BCUT2D eigenvalue weighted by Gasteiger charge is -2.28. The fourth-order valence-electron chi connectivity index (χ4n) is 3.41. The first-order chi connectivity index (χ1) is 8.60. The van der Waals surface area contributed by atoms with Crippen molar-refractivity contribution in [3.8, 4) is 0 Å². The van der Waals surface area contributed by atoms with Gasteiger partial charge in [-0.15, -0.1) is 0 Å². The smallest absolute Gasteiger partial charge is 0.244 e. The lowest BCUT2D eigenvalue weighted by atomic mass is 9.97. The van der Waals surface area contributed by atoms with Crippen LogP contribution in [0.15, 0.2) is 0 Å². The van der Waals surface area contributed by atoms with Crippen LogP contribution in [0.5, 0.6) is 0 Å². The van der Waals surface area contributed by atoms with Gasteiger partial charge in [-0.2, -0.15) is 11.8 Å². The van der Waals surface area contributed by atoms with Crippen molar-refractivity contribution in [2.45, 2.75) is 70.6 Å². The molecule has 1 spiro atoms. The maximum atomic E-state index is 12.7. The number of hydrogen-bond donors (Lipinski definition) is 1. The summed E-state index contributed by atoms with van der Waals surface area (Å²) in [6.07, 6.45) is 5.76. The van der Waals surface area contributed by atoms with Crippen molar-refractivity contribution in [1.82, 2.24) is 10.2 Å². The fourth-order valence-corrected chi connectivity index (χ4v) is 4.21. The molecule has 0 aromatic rings. The Balaban J connectivity index is 1.98. The van der Waals surface area contributed by atoms with Gasteiger partial charge in [0.25, 0.3) is 0 Å². The molecule has 2 atom stereocenters. The van der Waals surface area contributed by atoms with E-state index < -0.39 is 0 Å². The fraction of sp³-hybridized carbons (Fsp3) is 0.929. The molecule has 2 aliphatic rings. The van der Waals surface area contributed by atoms with E-state index in [0.717, 1.165) is 25.0 Å². The lowest BCUT2D eigenvalue weighted by Crippen LogP contribution is -2.45. The van der Waals surface area contributed by atoms with Gasteiger partial charge in [-0.1, -0.05) is 19.8 Å². The number of amides is 1. The molecule has 1 saturated heterocycles. The van der Waals surface area contributed by atoms with Crippen LogP contribution in [0.1, 0.15) is 52.9 Å². The minimum Gasteiger partial charge on any atom is -0.323 e. The van der Waals surface area contributed by atoms with E-state index in [9.17, 15) is 4.79 Å². The highest BCUT2D eigenvalue weighted by Crippen LogP contribution is 2.37. The highest BCUT2D eigenvalue weighted by Gasteiger charge is 2.51. The quantitative estimate of drug-likeness (QED) is 0.779. The zero-order valence-corrected chi connectivity index (χ0v) is 12.7. The topological polar surface area (TPSA) is 32.3 Å². The number of thioether (sulfide) groups is 1. The summed E-state index contributed by atoms with van der Waals surface area (Å²) in [5.74, 6) is 2.68. The van der Waals surface area contributed by atoms with Crippen LogP contribution in [0.4, 0.5) is 0 Å². The number of nitrogens with zero attached hydrogens (tertiary/aromatic N) is 1. The number of rotatable bonds is 5. The van der Waals surface area contributed by atoms with E-state index in [-0.39, 0.29) is 11.7 Å². The summed E-state index contributed by atoms with van der Waals surface area (Å²) >= 11 is 1.96. The largest absolute Gasteiger partial charge is 0.323 e. The maximum Gasteiger partial charge on any atom is 0.244 e. The van der Waals surface area contributed by atoms with Crippen molar-refractivity contribution in [3.63, 3.8) is 0 Å². The lowest BCUT2D eigenvalue weighted by molar-refractivity contribution is -0.134. The predicted molar refractivity (Wildman–Crippen MR) is 77.7 cm³/mol. The third-order valence-corrected chi connectivity index (χ3v) is 5.30. The van der Waals surface area contributed by atoms with Crippen molar-refractivity contribution in [2.24, 2.45) is 0 Å². The van der Waals surface area contributed by atoms with Crippen molar-refractivity contribution in [3.05, 3.63) is 0 Å². The van der Waals surface area contributed by atoms with Gasteiger partial charge in [-0.05, 0) is 44.6 Å². The zero-order chi connectivity index (χ0) is 13.2. The SMILES string of the molecule is CCSCCC(C)N1C(=O)C2(CCCC2)NC1C. The minimum absolute atomic E-state index is 0.203. The molecule has 1 heterocycles. The summed E-state index contributed by atoms with van der Waals surface area (Å²) in [4.78, 5) is 14.8. The predicted octanol–water partition coefficient (Wildman–Crippen LogP) is 2.61. The Hall–Kier alpha value is -0.220. The Kier molecular flexibility index (Phi) is 4.59. The van der Waals surface area contributed by atoms with Crippen LogP contribution in [0, 0.1) is 0 Å². The van der Waals surface area contributed by atoms with E-state index in [1.807, 2.05) is 11.8 Å². The first-order valence-corrected chi connectivity index (χ1v) is 8.44. The summed E-state index contributed by atoms with van der Waals surface area (Å²) in [5.41, 5.74) is -0.203. The second-order valence-corrected chi connectivity index (χ2v) is 7.05. The van der Waals surface area contributed by atoms with Crippen LogP contribution in [0.2, 0.25) is 0 Å². The van der Waals surface area contributed by atoms with Gasteiger partial charge in [0.05, 0.1) is 11.7 Å². The molecule has 18 heavy (non-hydrogen) atoms. The van der Waals surface area contributed by atoms with Gasteiger partial charge in [0.1, 0.15) is 0 Å². The zero-order valence-electron chi connectivity index (χ0n) is 11.9. The first kappa shape index (κ1) is 14.2. The molecule has 4 heteroatoms. The number of nitrogens with one attached hydrogen (secondary N) is 1. The first-order valence-electron chi connectivity index (χ1n) is 7.29. The Labute approximate surface area is 115 Å². The highest BCUT2D eigenvalue weighted by atomic mass is 32.2. The van der Waals surface area contributed by atoms with Crippen LogP contribution >= 0.6 is 11.8 Å². The normalized spacial score (nSPS) is 28.3. The van der Waals surface area contributed by atoms with Gasteiger partial charge in [0.15, 0.2) is 0 Å². The molecule has 1 aliphatic carbocycles. The second kappa shape index (κ2) is 5.83. The maximum absolute atomic E-state index is 12.7. The average molecular weight is 270 g/mol. The molecule has 0 bridgehead atoms. The van der Waals surface area contributed by atoms with E-state index in [2.05, 4.69) is 31.0 Å². The van der Waals surface area contributed by atoms with Gasteiger partial charge >= 0.3 is 0 Å². The summed E-state index contributed by atoms with van der Waals surface area (Å²) in [5, 5.41) is 3.57. The molecule has 2 rings (SSSR count). The van der Waals surface area contributed by atoms with Crippen LogP contribution in [-0.2, 0) is 4.79 Å². The molecular formula is C14H26N2OS. The summed E-state index contributed by atoms with van der Waals surface area (Å²) < 4.78 is 0. The van der Waals surface area contributed by atoms with Crippen LogP contribution < -0.4 is 5.32 Å². The molecule has 0 radical (unpaired) electrons. The van der Waals surface area contributed by atoms with Crippen LogP contribution in [-0.4, -0.2) is 40.1 Å². The standard InChI is InChI=1S/C14H26N2OS/c1-4-18-10-7-11(2)16-12(3)15-14(13(16)17)8-5-6-9-14/h11-12,15H,4-10H2,1-3H3. The Morgan fingerprint density at radius 2 is 2.17 bits per heavy atom. The van der Waals surface area contributed by atoms with Crippen molar-refractivity contribution < 1.29 is 4.79 Å². The summed E-state index contributed by atoms with van der Waals surface area (Å²) in [6, 6.07) is 0.360. The Morgan fingerprint density at radius 3 is 2.78 bits per heavy atom. The van der Waals surface area contributed by atoms with E-state index >= 15 is 0 Å². The Morgan fingerprint density at radius 1 is 1.50 bits per heavy atom. The molecule has 104 valence electrons. The molecule has 0 aromatic carbocycles. The van der Waals surface area contributed by atoms with E-state index in [1.165, 1.54) is 18.6 Å². The van der Waals surface area contributed by atoms with Gasteiger partial charge in [-0.25, -0.2) is 0 Å². The molecular weight excluding hydrogens is 244 g/mol. The Bertz CT molecular complexity index is 302. The minimum atomic E-state index is -0.203. The van der Waals surface area contributed by atoms with E-state index in [4.69, 9.17) is 0 Å². The molecule has 1 aliphatic heterocycles. The second-order valence-electron chi connectivity index (χ2n) is 5.66. The molecule has 1 amide bonds. The molecule has 2 fully saturated rings. The summed E-state index contributed by atoms with van der Waals surface area (Å²) in [6.45, 7) is 6.52.